The predicted molar refractivity (Wildman–Crippen MR) is 95.5 cm³/mol. The predicted octanol–water partition coefficient (Wildman–Crippen LogP) is 3.78. The Morgan fingerprint density at radius 2 is 1.84 bits per heavy atom. The molecule has 0 atom stereocenters. The van der Waals surface area contributed by atoms with Crippen molar-refractivity contribution < 1.29 is 4.39 Å². The summed E-state index contributed by atoms with van der Waals surface area (Å²) < 4.78 is 14.7. The van der Waals surface area contributed by atoms with Crippen LogP contribution in [0.15, 0.2) is 61.1 Å². The van der Waals surface area contributed by atoms with Gasteiger partial charge in [0.1, 0.15) is 11.6 Å². The molecule has 3 heterocycles. The van der Waals surface area contributed by atoms with E-state index in [0.29, 0.717) is 6.54 Å². The van der Waals surface area contributed by atoms with E-state index in [1.807, 2.05) is 37.6 Å². The van der Waals surface area contributed by atoms with E-state index in [1.165, 1.54) is 12.1 Å². The van der Waals surface area contributed by atoms with Crippen molar-refractivity contribution in [3.63, 3.8) is 0 Å². The lowest BCUT2D eigenvalue weighted by Crippen LogP contribution is -2.01. The minimum atomic E-state index is -0.235. The lowest BCUT2D eigenvalue weighted by atomic mass is 10.1. The first-order valence-electron chi connectivity index (χ1n) is 7.91. The third-order valence-corrected chi connectivity index (χ3v) is 3.96. The van der Waals surface area contributed by atoms with Crippen LogP contribution in [0.2, 0.25) is 0 Å². The van der Waals surface area contributed by atoms with E-state index < -0.39 is 0 Å². The summed E-state index contributed by atoms with van der Waals surface area (Å²) in [6.07, 6.45) is 5.58. The van der Waals surface area contributed by atoms with Crippen LogP contribution < -0.4 is 5.32 Å². The van der Waals surface area contributed by atoms with Gasteiger partial charge in [-0.25, -0.2) is 9.37 Å². The summed E-state index contributed by atoms with van der Waals surface area (Å²) >= 11 is 0. The van der Waals surface area contributed by atoms with Crippen LogP contribution in [0, 0.1) is 5.82 Å². The van der Waals surface area contributed by atoms with E-state index in [4.69, 9.17) is 0 Å². The first kappa shape index (κ1) is 15.3. The van der Waals surface area contributed by atoms with Gasteiger partial charge in [-0.15, -0.1) is 0 Å². The molecule has 0 fully saturated rings. The van der Waals surface area contributed by atoms with E-state index in [9.17, 15) is 4.39 Å². The second-order valence-corrected chi connectivity index (χ2v) is 5.84. The fourth-order valence-electron chi connectivity index (χ4n) is 2.63. The summed E-state index contributed by atoms with van der Waals surface area (Å²) in [7, 11) is 1.88. The molecule has 0 amide bonds. The molecule has 0 aliphatic heterocycles. The van der Waals surface area contributed by atoms with Crippen LogP contribution in [-0.4, -0.2) is 19.7 Å². The number of aryl methyl sites for hydroxylation is 1. The normalized spacial score (nSPS) is 11.0. The Balaban J connectivity index is 1.58. The standard InChI is InChI=1S/C19H16FN5/c1-25-12-15(11-23-25)14-8-18-17(21-10-14)6-7-19(24-18)22-9-13-2-4-16(20)5-3-13/h2-8,10-12H,9H2,1H3,(H,22,24). The SMILES string of the molecule is Cn1cc(-c2cnc3ccc(NCc4ccc(F)cc4)nc3c2)cn1. The molecule has 5 nitrogen and oxygen atoms in total. The fourth-order valence-corrected chi connectivity index (χ4v) is 2.63. The van der Waals surface area contributed by atoms with Gasteiger partial charge in [-0.2, -0.15) is 5.10 Å². The van der Waals surface area contributed by atoms with Crippen molar-refractivity contribution in [2.75, 3.05) is 5.32 Å². The van der Waals surface area contributed by atoms with Crippen LogP contribution >= 0.6 is 0 Å². The van der Waals surface area contributed by atoms with Crippen molar-refractivity contribution in [3.8, 4) is 11.1 Å². The van der Waals surface area contributed by atoms with Crippen molar-refractivity contribution in [1.82, 2.24) is 19.7 Å². The van der Waals surface area contributed by atoms with E-state index in [0.717, 1.165) is 33.5 Å². The highest BCUT2D eigenvalue weighted by Gasteiger charge is 2.05. The van der Waals surface area contributed by atoms with Gasteiger partial charge in [-0.05, 0) is 35.9 Å². The lowest BCUT2D eigenvalue weighted by molar-refractivity contribution is 0.627. The second kappa shape index (κ2) is 6.32. The molecule has 0 aliphatic rings. The molecule has 0 saturated heterocycles. The molecule has 124 valence electrons. The molecule has 4 rings (SSSR count). The second-order valence-electron chi connectivity index (χ2n) is 5.84. The smallest absolute Gasteiger partial charge is 0.127 e. The van der Waals surface area contributed by atoms with Crippen molar-refractivity contribution in [2.45, 2.75) is 6.54 Å². The van der Waals surface area contributed by atoms with Gasteiger partial charge >= 0.3 is 0 Å². The molecule has 4 aromatic rings. The van der Waals surface area contributed by atoms with Crippen molar-refractivity contribution in [2.24, 2.45) is 7.05 Å². The molecule has 0 bridgehead atoms. The number of nitrogens with zero attached hydrogens (tertiary/aromatic N) is 4. The van der Waals surface area contributed by atoms with E-state index in [-0.39, 0.29) is 5.82 Å². The molecule has 6 heteroatoms. The van der Waals surface area contributed by atoms with Crippen molar-refractivity contribution in [1.29, 1.82) is 0 Å². The number of halogens is 1. The molecule has 1 aromatic carbocycles. The van der Waals surface area contributed by atoms with Gasteiger partial charge in [-0.3, -0.25) is 9.67 Å². The Morgan fingerprint density at radius 1 is 1.00 bits per heavy atom. The third-order valence-electron chi connectivity index (χ3n) is 3.96. The maximum atomic E-state index is 13.0. The van der Waals surface area contributed by atoms with Crippen LogP contribution in [0.25, 0.3) is 22.2 Å². The molecule has 0 aliphatic carbocycles. The number of nitrogens with one attached hydrogen (secondary N) is 1. The zero-order valence-corrected chi connectivity index (χ0v) is 13.6. The summed E-state index contributed by atoms with van der Waals surface area (Å²) in [5, 5.41) is 7.45. The summed E-state index contributed by atoms with van der Waals surface area (Å²) in [6.45, 7) is 0.578. The molecule has 0 unspecified atom stereocenters. The summed E-state index contributed by atoms with van der Waals surface area (Å²) in [6, 6.07) is 12.2. The molecule has 0 saturated carbocycles. The molecular weight excluding hydrogens is 317 g/mol. The largest absolute Gasteiger partial charge is 0.366 e. The quantitative estimate of drug-likeness (QED) is 0.617. The van der Waals surface area contributed by atoms with E-state index in [2.05, 4.69) is 20.4 Å². The van der Waals surface area contributed by atoms with Crippen LogP contribution in [0.5, 0.6) is 0 Å². The Morgan fingerprint density at radius 3 is 2.60 bits per heavy atom. The van der Waals surface area contributed by atoms with Gasteiger partial charge in [-0.1, -0.05) is 12.1 Å². The van der Waals surface area contributed by atoms with Crippen LogP contribution in [0.3, 0.4) is 0 Å². The van der Waals surface area contributed by atoms with Gasteiger partial charge in [0.25, 0.3) is 0 Å². The van der Waals surface area contributed by atoms with Crippen LogP contribution in [0.4, 0.5) is 10.2 Å². The zero-order valence-electron chi connectivity index (χ0n) is 13.6. The Kier molecular flexibility index (Phi) is 3.85. The van der Waals surface area contributed by atoms with E-state index in [1.54, 1.807) is 23.0 Å². The molecule has 0 spiro atoms. The average molecular weight is 333 g/mol. The number of hydrogen-bond acceptors (Lipinski definition) is 4. The number of pyridine rings is 2. The van der Waals surface area contributed by atoms with Gasteiger partial charge in [0.15, 0.2) is 0 Å². The third kappa shape index (κ3) is 3.33. The van der Waals surface area contributed by atoms with Crippen LogP contribution in [0.1, 0.15) is 5.56 Å². The Bertz CT molecular complexity index is 1020. The summed E-state index contributed by atoms with van der Waals surface area (Å²) in [5.41, 5.74) is 4.61. The Labute approximate surface area is 144 Å². The maximum Gasteiger partial charge on any atom is 0.127 e. The summed E-state index contributed by atoms with van der Waals surface area (Å²) in [5.74, 6) is 0.517. The molecule has 25 heavy (non-hydrogen) atoms. The van der Waals surface area contributed by atoms with E-state index >= 15 is 0 Å². The molecular formula is C19H16FN5. The molecule has 3 aromatic heterocycles. The number of benzene rings is 1. The highest BCUT2D eigenvalue weighted by atomic mass is 19.1. The first-order valence-corrected chi connectivity index (χ1v) is 7.91. The van der Waals surface area contributed by atoms with Crippen molar-refractivity contribution >= 4 is 16.9 Å². The van der Waals surface area contributed by atoms with Gasteiger partial charge < -0.3 is 5.32 Å². The van der Waals surface area contributed by atoms with Gasteiger partial charge in [0.05, 0.1) is 17.2 Å². The number of fused-ring (bicyclic) bond motifs is 1. The topological polar surface area (TPSA) is 55.6 Å². The monoisotopic (exact) mass is 333 g/mol. The van der Waals surface area contributed by atoms with Gasteiger partial charge in [0.2, 0.25) is 0 Å². The lowest BCUT2D eigenvalue weighted by Gasteiger charge is -2.07. The Hall–Kier alpha value is -3.28. The summed E-state index contributed by atoms with van der Waals surface area (Å²) in [4.78, 5) is 9.09. The highest BCUT2D eigenvalue weighted by molar-refractivity contribution is 5.81. The zero-order chi connectivity index (χ0) is 17.2. The minimum absolute atomic E-state index is 0.235. The molecule has 0 radical (unpaired) electrons. The number of aromatic nitrogens is 4. The average Bonchev–Trinajstić information content (AvgIpc) is 3.07. The first-order chi connectivity index (χ1) is 12.2. The van der Waals surface area contributed by atoms with Crippen LogP contribution in [-0.2, 0) is 13.6 Å². The van der Waals surface area contributed by atoms with Crippen molar-refractivity contribution in [3.05, 3.63) is 72.4 Å². The molecule has 1 N–H and O–H groups in total. The van der Waals surface area contributed by atoms with Gasteiger partial charge in [0, 0.05) is 37.1 Å². The number of anilines is 1. The maximum absolute atomic E-state index is 13.0. The minimum Gasteiger partial charge on any atom is -0.366 e. The fraction of sp³-hybridized carbons (Fsp3) is 0.105. The number of rotatable bonds is 4. The number of hydrogen-bond donors (Lipinski definition) is 1. The highest BCUT2D eigenvalue weighted by Crippen LogP contribution is 2.22.